The Balaban J connectivity index is 2.02. The first-order chi connectivity index (χ1) is 19.3. The van der Waals surface area contributed by atoms with Crippen LogP contribution in [0.15, 0.2) is 54.6 Å². The van der Waals surface area contributed by atoms with Crippen LogP contribution in [0, 0.1) is 0 Å². The molecule has 0 spiro atoms. The summed E-state index contributed by atoms with van der Waals surface area (Å²) < 4.78 is 62.1. The number of hydrogen-bond acceptors (Lipinski definition) is 10. The van der Waals surface area contributed by atoms with Crippen molar-refractivity contribution in [2.45, 2.75) is 58.3 Å². The maximum absolute atomic E-state index is 12.2. The quantitative estimate of drug-likeness (QED) is 0.391. The summed E-state index contributed by atoms with van der Waals surface area (Å²) in [7, 11) is 0. The number of carbonyl (C=O) groups excluding carboxylic acids is 4. The Labute approximate surface area is 214 Å². The Morgan fingerprint density at radius 2 is 1.36 bits per heavy atom. The molecule has 36 heavy (non-hydrogen) atoms. The first-order valence-corrected chi connectivity index (χ1v) is 10.7. The van der Waals surface area contributed by atoms with Gasteiger partial charge >= 0.3 is 23.9 Å². The zero-order valence-electron chi connectivity index (χ0n) is 23.2. The predicted octanol–water partition coefficient (Wildman–Crippen LogP) is 2.82. The molecule has 3 rings (SSSR count). The van der Waals surface area contributed by atoms with E-state index in [1.807, 2.05) is 36.4 Å². The zero-order chi connectivity index (χ0) is 29.1. The van der Waals surface area contributed by atoms with Crippen LogP contribution in [0.4, 0.5) is 0 Å². The van der Waals surface area contributed by atoms with E-state index in [1.165, 1.54) is 0 Å². The van der Waals surface area contributed by atoms with Crippen molar-refractivity contribution in [2.24, 2.45) is 0 Å². The molecule has 5 atom stereocenters. The zero-order valence-corrected chi connectivity index (χ0v) is 19.2. The van der Waals surface area contributed by atoms with Gasteiger partial charge in [0.2, 0.25) is 12.4 Å². The Hall–Kier alpha value is -3.92. The van der Waals surface area contributed by atoms with Crippen molar-refractivity contribution in [1.29, 1.82) is 0 Å². The lowest BCUT2D eigenvalue weighted by atomic mass is 9.98. The molecule has 0 radical (unpaired) electrons. The average molecular weight is 505 g/mol. The van der Waals surface area contributed by atoms with Gasteiger partial charge in [-0.05, 0) is 23.3 Å². The van der Waals surface area contributed by atoms with E-state index in [9.17, 15) is 19.2 Å². The number of benzene rings is 2. The molecule has 10 heteroatoms. The molecule has 1 unspecified atom stereocenters. The highest BCUT2D eigenvalue weighted by Crippen LogP contribution is 2.32. The van der Waals surface area contributed by atoms with E-state index in [-0.39, 0.29) is 5.75 Å². The smallest absolute Gasteiger partial charge is 0.303 e. The topological polar surface area (TPSA) is 124 Å². The second-order valence-corrected chi connectivity index (χ2v) is 7.60. The number of ether oxygens (including phenoxy) is 6. The van der Waals surface area contributed by atoms with Gasteiger partial charge in [0.25, 0.3) is 0 Å². The van der Waals surface area contributed by atoms with Crippen molar-refractivity contribution < 1.29 is 53.1 Å². The summed E-state index contributed by atoms with van der Waals surface area (Å²) in [6.45, 7) is -3.76. The molecule has 1 saturated heterocycles. The predicted molar refractivity (Wildman–Crippen MR) is 124 cm³/mol. The number of rotatable bonds is 8. The molecule has 1 heterocycles. The number of hydrogen-bond donors (Lipinski definition) is 0. The van der Waals surface area contributed by atoms with Crippen molar-refractivity contribution in [3.05, 3.63) is 54.6 Å². The van der Waals surface area contributed by atoms with E-state index in [4.69, 9.17) is 33.9 Å². The fourth-order valence-electron chi connectivity index (χ4n) is 3.65. The van der Waals surface area contributed by atoms with Gasteiger partial charge in [0.1, 0.15) is 18.5 Å². The van der Waals surface area contributed by atoms with Gasteiger partial charge in [-0.25, -0.2) is 0 Å². The Morgan fingerprint density at radius 3 is 2.03 bits per heavy atom. The summed E-state index contributed by atoms with van der Waals surface area (Å²) in [6.07, 6.45) is -7.68. The van der Waals surface area contributed by atoms with Crippen LogP contribution < -0.4 is 4.74 Å². The molecular formula is C26H28O10. The second kappa shape index (κ2) is 12.2. The lowest BCUT2D eigenvalue weighted by Crippen LogP contribution is -2.63. The van der Waals surface area contributed by atoms with Gasteiger partial charge in [0, 0.05) is 33.1 Å². The Bertz CT molecular complexity index is 1170. The summed E-state index contributed by atoms with van der Waals surface area (Å²) in [4.78, 5) is 48.2. The summed E-state index contributed by atoms with van der Waals surface area (Å²) in [5, 5.41) is 0. The normalized spacial score (nSPS) is 24.6. The van der Waals surface area contributed by atoms with E-state index in [2.05, 4.69) is 0 Å². The minimum atomic E-state index is -1.63. The van der Waals surface area contributed by atoms with Gasteiger partial charge in [-0.15, -0.1) is 0 Å². The van der Waals surface area contributed by atoms with Crippen LogP contribution in [-0.4, -0.2) is 61.2 Å². The largest absolute Gasteiger partial charge is 0.463 e. The molecule has 0 saturated carbocycles. The summed E-state index contributed by atoms with van der Waals surface area (Å²) in [6, 6.07) is 16.1. The Morgan fingerprint density at radius 1 is 0.750 bits per heavy atom. The summed E-state index contributed by atoms with van der Waals surface area (Å²) in [5.74, 6) is -3.86. The standard InChI is InChI=1S/C26H28O10/c1-15(27)31-14-22-23(32-16(2)28)24(33-17(3)29)25(34-18(4)30)26(36-22)35-21-12-8-11-20(13-21)19-9-6-5-7-10-19/h5-13,22-26H,14H2,1-4H3/t22-,23+,24+,25-,26?/m1/s1/i1D,2D,3D,4D. The van der Waals surface area contributed by atoms with Crippen LogP contribution in [0.5, 0.6) is 5.75 Å². The summed E-state index contributed by atoms with van der Waals surface area (Å²) in [5.41, 5.74) is 1.65. The molecule has 2 aromatic rings. The van der Waals surface area contributed by atoms with E-state index >= 15 is 0 Å². The molecule has 2 aromatic carbocycles. The van der Waals surface area contributed by atoms with Crippen LogP contribution in [0.1, 0.15) is 33.1 Å². The lowest BCUT2D eigenvalue weighted by Gasteiger charge is -2.43. The number of esters is 4. The maximum Gasteiger partial charge on any atom is 0.303 e. The Kier molecular flexibility index (Phi) is 7.22. The van der Waals surface area contributed by atoms with Gasteiger partial charge in [-0.2, -0.15) is 0 Å². The fraction of sp³-hybridized carbons (Fsp3) is 0.385. The molecule has 0 aliphatic carbocycles. The van der Waals surface area contributed by atoms with Crippen LogP contribution in [0.2, 0.25) is 0 Å². The minimum absolute atomic E-state index is 0.243. The van der Waals surface area contributed by atoms with Crippen molar-refractivity contribution in [2.75, 3.05) is 6.61 Å². The molecule has 1 aliphatic rings. The molecule has 1 fully saturated rings. The van der Waals surface area contributed by atoms with Crippen LogP contribution in [0.25, 0.3) is 11.1 Å². The highest BCUT2D eigenvalue weighted by molar-refractivity contribution is 5.69. The molecule has 10 nitrogen and oxygen atoms in total. The monoisotopic (exact) mass is 504 g/mol. The molecule has 1 aliphatic heterocycles. The average Bonchev–Trinajstić information content (AvgIpc) is 2.98. The van der Waals surface area contributed by atoms with E-state index in [1.54, 1.807) is 18.2 Å². The molecule has 0 amide bonds. The highest BCUT2D eigenvalue weighted by Gasteiger charge is 2.53. The third kappa shape index (κ3) is 7.29. The van der Waals surface area contributed by atoms with Crippen molar-refractivity contribution in [3.8, 4) is 16.9 Å². The van der Waals surface area contributed by atoms with E-state index < -0.39 is 88.8 Å². The van der Waals surface area contributed by atoms with Gasteiger partial charge in [-0.3, -0.25) is 19.2 Å². The molecule has 0 aromatic heterocycles. The molecule has 0 bridgehead atoms. The van der Waals surface area contributed by atoms with Gasteiger partial charge in [0.05, 0.1) is 0 Å². The SMILES string of the molecule is [2H]CC(=O)OC[C@H]1OC(Oc2cccc(-c3ccccc3)c2)[C@H](OC(=O)C[2H])[C@@H](OC(=O)C[2H])[C@H]1OC(=O)C[2H]. The van der Waals surface area contributed by atoms with Crippen molar-refractivity contribution in [1.82, 2.24) is 0 Å². The second-order valence-electron chi connectivity index (χ2n) is 7.60. The van der Waals surface area contributed by atoms with E-state index in [0.717, 1.165) is 11.1 Å². The van der Waals surface area contributed by atoms with Gasteiger partial charge < -0.3 is 28.4 Å². The molecular weight excluding hydrogens is 472 g/mol. The first kappa shape index (κ1) is 21.4. The summed E-state index contributed by atoms with van der Waals surface area (Å²) >= 11 is 0. The lowest BCUT2D eigenvalue weighted by molar-refractivity contribution is -0.288. The van der Waals surface area contributed by atoms with Crippen molar-refractivity contribution in [3.63, 3.8) is 0 Å². The van der Waals surface area contributed by atoms with E-state index in [0.29, 0.717) is 0 Å². The third-order valence-corrected chi connectivity index (χ3v) is 5.00. The van der Waals surface area contributed by atoms with Gasteiger partial charge in [-0.1, -0.05) is 42.5 Å². The minimum Gasteiger partial charge on any atom is -0.463 e. The fourth-order valence-corrected chi connectivity index (χ4v) is 3.65. The first-order valence-electron chi connectivity index (χ1n) is 13.5. The van der Waals surface area contributed by atoms with Gasteiger partial charge in [0.15, 0.2) is 12.2 Å². The third-order valence-electron chi connectivity index (χ3n) is 5.00. The maximum atomic E-state index is 12.2. The van der Waals surface area contributed by atoms with Crippen LogP contribution >= 0.6 is 0 Å². The van der Waals surface area contributed by atoms with Crippen LogP contribution in [-0.2, 0) is 42.9 Å². The van der Waals surface area contributed by atoms with Crippen LogP contribution in [0.3, 0.4) is 0 Å². The van der Waals surface area contributed by atoms with Crippen molar-refractivity contribution >= 4 is 23.9 Å². The molecule has 192 valence electrons. The number of carbonyl (C=O) groups is 4. The molecule has 0 N–H and O–H groups in total. The highest BCUT2D eigenvalue weighted by atomic mass is 16.7.